The second-order valence-corrected chi connectivity index (χ2v) is 1.77. The van der Waals surface area contributed by atoms with Gasteiger partial charge >= 0.3 is 5.97 Å². The molecule has 0 spiro atoms. The summed E-state index contributed by atoms with van der Waals surface area (Å²) in [5.41, 5.74) is 13.0. The molecule has 0 unspecified atom stereocenters. The van der Waals surface area contributed by atoms with E-state index in [1.807, 2.05) is 0 Å². The van der Waals surface area contributed by atoms with Crippen LogP contribution in [0.15, 0.2) is 5.11 Å². The molecule has 0 heterocycles. The fourth-order valence-corrected chi connectivity index (χ4v) is 0.430. The lowest BCUT2D eigenvalue weighted by molar-refractivity contribution is -0.137. The van der Waals surface area contributed by atoms with Crippen molar-refractivity contribution in [3.8, 4) is 0 Å². The molecule has 0 rings (SSSR count). The Hall–Kier alpha value is -1.26. The van der Waals surface area contributed by atoms with Gasteiger partial charge in [0.25, 0.3) is 0 Å². The number of carbonyl (C=O) groups is 1. The van der Waals surface area contributed by atoms with Crippen LogP contribution in [-0.2, 0) is 4.79 Å². The van der Waals surface area contributed by atoms with Gasteiger partial charge in [0.2, 0.25) is 0 Å². The molecule has 0 saturated heterocycles. The molecule has 0 aromatic carbocycles. The number of nitrogens with zero attached hydrogens (tertiary/aromatic N) is 3. The van der Waals surface area contributed by atoms with Crippen LogP contribution in [0.2, 0.25) is 0 Å². The van der Waals surface area contributed by atoms with Crippen LogP contribution in [0.4, 0.5) is 0 Å². The summed E-state index contributed by atoms with van der Waals surface area (Å²) in [4.78, 5) is 12.4. The molecule has 0 saturated carbocycles. The highest BCUT2D eigenvalue weighted by molar-refractivity contribution is 5.67. The Morgan fingerprint density at radius 3 is 2.90 bits per heavy atom. The predicted octanol–water partition coefficient (Wildman–Crippen LogP) is 0.0987. The van der Waals surface area contributed by atoms with Crippen molar-refractivity contribution in [2.45, 2.75) is 12.5 Å². The Bertz CT molecular complexity index is 159. The highest BCUT2D eigenvalue weighted by Gasteiger charge is 2.05. The summed E-state index contributed by atoms with van der Waals surface area (Å²) < 4.78 is 0. The van der Waals surface area contributed by atoms with Gasteiger partial charge in [-0.2, -0.15) is 0 Å². The van der Waals surface area contributed by atoms with E-state index in [1.54, 1.807) is 0 Å². The third-order valence-corrected chi connectivity index (χ3v) is 0.816. The summed E-state index contributed by atoms with van der Waals surface area (Å²) in [6.45, 7) is 0.0306. The SMILES string of the molecule is [N-]=[N+]=NC[C@H](N)CC(=O)O. The Balaban J connectivity index is 3.52. The average molecular weight is 144 g/mol. The zero-order valence-electron chi connectivity index (χ0n) is 5.27. The van der Waals surface area contributed by atoms with Crippen molar-refractivity contribution in [3.05, 3.63) is 10.4 Å². The Kier molecular flexibility index (Phi) is 4.02. The molecule has 0 aliphatic heterocycles. The van der Waals surface area contributed by atoms with Crippen molar-refractivity contribution >= 4 is 5.97 Å². The van der Waals surface area contributed by atoms with Crippen LogP contribution >= 0.6 is 0 Å². The minimum absolute atomic E-state index is 0.0306. The second kappa shape index (κ2) is 4.60. The lowest BCUT2D eigenvalue weighted by Crippen LogP contribution is -2.26. The zero-order valence-corrected chi connectivity index (χ0v) is 5.27. The molecule has 56 valence electrons. The second-order valence-electron chi connectivity index (χ2n) is 1.77. The van der Waals surface area contributed by atoms with Crippen molar-refractivity contribution in [3.63, 3.8) is 0 Å². The minimum Gasteiger partial charge on any atom is -0.481 e. The third kappa shape index (κ3) is 4.89. The van der Waals surface area contributed by atoms with Gasteiger partial charge < -0.3 is 10.8 Å². The van der Waals surface area contributed by atoms with Crippen LogP contribution in [0.3, 0.4) is 0 Å². The number of aliphatic carboxylic acids is 1. The first-order valence-corrected chi connectivity index (χ1v) is 2.65. The third-order valence-electron chi connectivity index (χ3n) is 0.816. The summed E-state index contributed by atoms with van der Waals surface area (Å²) >= 11 is 0. The Labute approximate surface area is 57.3 Å². The molecule has 0 radical (unpaired) electrons. The molecular formula is C4H8N4O2. The minimum atomic E-state index is -0.986. The fourth-order valence-electron chi connectivity index (χ4n) is 0.430. The maximum absolute atomic E-state index is 9.96. The first-order chi connectivity index (χ1) is 4.66. The van der Waals surface area contributed by atoms with Crippen molar-refractivity contribution < 1.29 is 9.90 Å². The predicted molar refractivity (Wildman–Crippen MR) is 34.2 cm³/mol. The fraction of sp³-hybridized carbons (Fsp3) is 0.750. The molecule has 10 heavy (non-hydrogen) atoms. The lowest BCUT2D eigenvalue weighted by atomic mass is 10.2. The number of azide groups is 1. The summed E-state index contributed by atoms with van der Waals surface area (Å²) in [6, 6.07) is -0.576. The van der Waals surface area contributed by atoms with Crippen molar-refractivity contribution in [2.75, 3.05) is 6.54 Å². The first kappa shape index (κ1) is 8.74. The molecule has 0 amide bonds. The van der Waals surface area contributed by atoms with Gasteiger partial charge in [0, 0.05) is 17.5 Å². The number of rotatable bonds is 4. The monoisotopic (exact) mass is 144 g/mol. The highest BCUT2D eigenvalue weighted by atomic mass is 16.4. The quantitative estimate of drug-likeness (QED) is 0.331. The van der Waals surface area contributed by atoms with Gasteiger partial charge in [-0.15, -0.1) is 0 Å². The maximum Gasteiger partial charge on any atom is 0.304 e. The molecule has 0 aromatic rings. The van der Waals surface area contributed by atoms with E-state index < -0.39 is 12.0 Å². The van der Waals surface area contributed by atoms with Gasteiger partial charge in [0.15, 0.2) is 0 Å². The topological polar surface area (TPSA) is 112 Å². The summed E-state index contributed by atoms with van der Waals surface area (Å²) in [7, 11) is 0. The van der Waals surface area contributed by atoms with Gasteiger partial charge in [0.05, 0.1) is 6.42 Å². The zero-order chi connectivity index (χ0) is 7.98. The summed E-state index contributed by atoms with van der Waals surface area (Å²) in [6.07, 6.45) is -0.168. The number of hydrogen-bond acceptors (Lipinski definition) is 3. The first-order valence-electron chi connectivity index (χ1n) is 2.65. The van der Waals surface area contributed by atoms with Gasteiger partial charge in [-0.05, 0) is 5.53 Å². The molecule has 0 fully saturated rings. The van der Waals surface area contributed by atoms with Gasteiger partial charge in [-0.1, -0.05) is 5.11 Å². The molecular weight excluding hydrogens is 136 g/mol. The summed E-state index contributed by atoms with van der Waals surface area (Å²) in [5, 5.41) is 11.3. The summed E-state index contributed by atoms with van der Waals surface area (Å²) in [5.74, 6) is -0.986. The van der Waals surface area contributed by atoms with E-state index in [1.165, 1.54) is 0 Å². The van der Waals surface area contributed by atoms with E-state index in [9.17, 15) is 4.79 Å². The molecule has 3 N–H and O–H groups in total. The molecule has 0 bridgehead atoms. The molecule has 6 nitrogen and oxygen atoms in total. The lowest BCUT2D eigenvalue weighted by Gasteiger charge is -2.01. The van der Waals surface area contributed by atoms with E-state index >= 15 is 0 Å². The highest BCUT2D eigenvalue weighted by Crippen LogP contribution is 1.88. The Morgan fingerprint density at radius 1 is 1.90 bits per heavy atom. The van der Waals surface area contributed by atoms with Gasteiger partial charge in [-0.25, -0.2) is 0 Å². The van der Waals surface area contributed by atoms with Crippen LogP contribution in [0, 0.1) is 0 Å². The normalized spacial score (nSPS) is 11.7. The molecule has 0 aliphatic carbocycles. The molecule has 0 aromatic heterocycles. The van der Waals surface area contributed by atoms with Crippen molar-refractivity contribution in [1.29, 1.82) is 0 Å². The molecule has 0 aliphatic rings. The van der Waals surface area contributed by atoms with Crippen LogP contribution in [-0.4, -0.2) is 23.7 Å². The van der Waals surface area contributed by atoms with Crippen LogP contribution in [0.5, 0.6) is 0 Å². The smallest absolute Gasteiger partial charge is 0.304 e. The van der Waals surface area contributed by atoms with Crippen molar-refractivity contribution in [2.24, 2.45) is 10.8 Å². The van der Waals surface area contributed by atoms with E-state index in [4.69, 9.17) is 16.4 Å². The Morgan fingerprint density at radius 2 is 2.50 bits per heavy atom. The average Bonchev–Trinajstić information content (AvgIpc) is 1.82. The number of hydrogen-bond donors (Lipinski definition) is 2. The molecule has 6 heteroatoms. The van der Waals surface area contributed by atoms with E-state index in [0.29, 0.717) is 0 Å². The van der Waals surface area contributed by atoms with Gasteiger partial charge in [0.1, 0.15) is 0 Å². The number of nitrogens with two attached hydrogens (primary N) is 1. The number of carboxylic acids is 1. The van der Waals surface area contributed by atoms with Gasteiger partial charge in [-0.3, -0.25) is 4.79 Å². The number of carboxylic acid groups (broad SMARTS) is 1. The molecule has 1 atom stereocenters. The van der Waals surface area contributed by atoms with E-state index in [2.05, 4.69) is 10.0 Å². The van der Waals surface area contributed by atoms with Crippen LogP contribution < -0.4 is 5.73 Å². The maximum atomic E-state index is 9.96. The van der Waals surface area contributed by atoms with E-state index in [0.717, 1.165) is 0 Å². The van der Waals surface area contributed by atoms with Crippen LogP contribution in [0.25, 0.3) is 10.4 Å². The standard InChI is InChI=1S/C4H8N4O2/c5-3(1-4(9)10)2-7-8-6/h3H,1-2,5H2,(H,9,10)/t3-/m1/s1. The van der Waals surface area contributed by atoms with Crippen LogP contribution in [0.1, 0.15) is 6.42 Å². The van der Waals surface area contributed by atoms with Crippen molar-refractivity contribution in [1.82, 2.24) is 0 Å². The largest absolute Gasteiger partial charge is 0.481 e. The van der Waals surface area contributed by atoms with E-state index in [-0.39, 0.29) is 13.0 Å².